The summed E-state index contributed by atoms with van der Waals surface area (Å²) in [5.41, 5.74) is 10.3. The lowest BCUT2D eigenvalue weighted by atomic mass is 10.0. The molecule has 0 aromatic heterocycles. The van der Waals surface area contributed by atoms with E-state index in [1.165, 1.54) is 0 Å². The smallest absolute Gasteiger partial charge is 0.0934 e. The van der Waals surface area contributed by atoms with Gasteiger partial charge in [-0.2, -0.15) is 0 Å². The van der Waals surface area contributed by atoms with Gasteiger partial charge in [0.05, 0.1) is 11.7 Å². The SMILES string of the molecule is CC(CCC(=N)N)C(=N)N. The zero-order valence-corrected chi connectivity index (χ0v) is 6.15. The van der Waals surface area contributed by atoms with Crippen molar-refractivity contribution >= 4 is 11.7 Å². The molecule has 0 aliphatic rings. The maximum absolute atomic E-state index is 7.01. The van der Waals surface area contributed by atoms with Crippen LogP contribution in [0.3, 0.4) is 0 Å². The Balaban J connectivity index is 3.49. The fourth-order valence-electron chi connectivity index (χ4n) is 0.528. The van der Waals surface area contributed by atoms with E-state index in [9.17, 15) is 0 Å². The van der Waals surface area contributed by atoms with Crippen LogP contribution in [0.15, 0.2) is 0 Å². The Labute approximate surface area is 60.6 Å². The van der Waals surface area contributed by atoms with Crippen LogP contribution < -0.4 is 11.5 Å². The summed E-state index contributed by atoms with van der Waals surface area (Å²) in [4.78, 5) is 0. The van der Waals surface area contributed by atoms with Crippen LogP contribution in [-0.4, -0.2) is 11.7 Å². The first-order chi connectivity index (χ1) is 4.54. The lowest BCUT2D eigenvalue weighted by molar-refractivity contribution is 0.694. The van der Waals surface area contributed by atoms with Crippen molar-refractivity contribution in [2.75, 3.05) is 0 Å². The summed E-state index contributed by atoms with van der Waals surface area (Å²) in [6.07, 6.45) is 1.23. The Morgan fingerprint density at radius 1 is 1.40 bits per heavy atom. The molecule has 0 fully saturated rings. The van der Waals surface area contributed by atoms with Crippen LogP contribution in [-0.2, 0) is 0 Å². The molecule has 0 aromatic carbocycles. The molecule has 1 atom stereocenters. The Kier molecular flexibility index (Phi) is 3.46. The molecular formula is C6H14N4. The summed E-state index contributed by atoms with van der Waals surface area (Å²) in [5, 5.41) is 13.9. The average molecular weight is 142 g/mol. The van der Waals surface area contributed by atoms with Gasteiger partial charge in [0.25, 0.3) is 0 Å². The fraction of sp³-hybridized carbons (Fsp3) is 0.667. The zero-order chi connectivity index (χ0) is 8.15. The Bertz CT molecular complexity index is 141. The second-order valence-corrected chi connectivity index (χ2v) is 2.42. The highest BCUT2D eigenvalue weighted by Gasteiger charge is 2.04. The van der Waals surface area contributed by atoms with Crippen molar-refractivity contribution in [3.05, 3.63) is 0 Å². The maximum Gasteiger partial charge on any atom is 0.0934 e. The molecule has 0 radical (unpaired) electrons. The highest BCUT2D eigenvalue weighted by molar-refractivity contribution is 5.81. The number of rotatable bonds is 4. The minimum Gasteiger partial charge on any atom is -0.388 e. The van der Waals surface area contributed by atoms with Crippen LogP contribution in [0.4, 0.5) is 0 Å². The third-order valence-electron chi connectivity index (χ3n) is 1.38. The predicted molar refractivity (Wildman–Crippen MR) is 42.2 cm³/mol. The molecule has 6 N–H and O–H groups in total. The minimum absolute atomic E-state index is 0.0453. The summed E-state index contributed by atoms with van der Waals surface area (Å²) in [5.74, 6) is 0.373. The third-order valence-corrected chi connectivity index (χ3v) is 1.38. The number of nitrogens with one attached hydrogen (secondary N) is 2. The quantitative estimate of drug-likeness (QED) is 0.334. The van der Waals surface area contributed by atoms with E-state index in [-0.39, 0.29) is 17.6 Å². The number of amidine groups is 2. The van der Waals surface area contributed by atoms with E-state index in [0.29, 0.717) is 12.8 Å². The van der Waals surface area contributed by atoms with Crippen molar-refractivity contribution in [3.63, 3.8) is 0 Å². The molecule has 0 bridgehead atoms. The van der Waals surface area contributed by atoms with Crippen LogP contribution in [0, 0.1) is 16.7 Å². The van der Waals surface area contributed by atoms with Gasteiger partial charge in [-0.05, 0) is 6.42 Å². The molecule has 10 heavy (non-hydrogen) atoms. The fourth-order valence-corrected chi connectivity index (χ4v) is 0.528. The molecule has 58 valence electrons. The van der Waals surface area contributed by atoms with E-state index in [2.05, 4.69) is 0 Å². The van der Waals surface area contributed by atoms with Crippen LogP contribution in [0.25, 0.3) is 0 Å². The summed E-state index contributed by atoms with van der Waals surface area (Å²) in [6, 6.07) is 0. The van der Waals surface area contributed by atoms with E-state index in [1.807, 2.05) is 6.92 Å². The lowest BCUT2D eigenvalue weighted by Crippen LogP contribution is -2.21. The normalized spacial score (nSPS) is 12.5. The molecular weight excluding hydrogens is 128 g/mol. The molecule has 1 unspecified atom stereocenters. The van der Waals surface area contributed by atoms with Gasteiger partial charge in [0.15, 0.2) is 0 Å². The third kappa shape index (κ3) is 3.88. The van der Waals surface area contributed by atoms with E-state index in [0.717, 1.165) is 0 Å². The van der Waals surface area contributed by atoms with Gasteiger partial charge in [0.1, 0.15) is 0 Å². The minimum atomic E-state index is 0.0453. The molecule has 4 heteroatoms. The van der Waals surface area contributed by atoms with E-state index in [1.54, 1.807) is 0 Å². The summed E-state index contributed by atoms with van der Waals surface area (Å²) in [6.45, 7) is 1.85. The van der Waals surface area contributed by atoms with Gasteiger partial charge in [0, 0.05) is 12.3 Å². The standard InChI is InChI=1S/C6H14N4/c1-4(6(9)10)2-3-5(7)8/h4H,2-3H2,1H3,(H3,7,8)(H3,9,10). The van der Waals surface area contributed by atoms with Crippen molar-refractivity contribution in [3.8, 4) is 0 Å². The van der Waals surface area contributed by atoms with Crippen molar-refractivity contribution in [1.82, 2.24) is 0 Å². The van der Waals surface area contributed by atoms with Crippen LogP contribution in [0.2, 0.25) is 0 Å². The largest absolute Gasteiger partial charge is 0.388 e. The zero-order valence-electron chi connectivity index (χ0n) is 6.15. The molecule has 0 spiro atoms. The Hall–Kier alpha value is -1.06. The summed E-state index contributed by atoms with van der Waals surface area (Å²) < 4.78 is 0. The Morgan fingerprint density at radius 3 is 2.20 bits per heavy atom. The highest BCUT2D eigenvalue weighted by Crippen LogP contribution is 2.03. The van der Waals surface area contributed by atoms with E-state index < -0.39 is 0 Å². The number of hydrogen-bond acceptors (Lipinski definition) is 2. The van der Waals surface area contributed by atoms with Gasteiger partial charge in [-0.3, -0.25) is 10.8 Å². The lowest BCUT2D eigenvalue weighted by Gasteiger charge is -2.06. The van der Waals surface area contributed by atoms with Gasteiger partial charge in [0.2, 0.25) is 0 Å². The van der Waals surface area contributed by atoms with Gasteiger partial charge < -0.3 is 11.5 Å². The molecule has 0 amide bonds. The number of hydrogen-bond donors (Lipinski definition) is 4. The van der Waals surface area contributed by atoms with Gasteiger partial charge in [-0.15, -0.1) is 0 Å². The molecule has 0 aliphatic heterocycles. The van der Waals surface area contributed by atoms with Crippen LogP contribution in [0.1, 0.15) is 19.8 Å². The van der Waals surface area contributed by atoms with Crippen molar-refractivity contribution in [2.45, 2.75) is 19.8 Å². The molecule has 0 aliphatic carbocycles. The molecule has 4 nitrogen and oxygen atoms in total. The second kappa shape index (κ2) is 3.87. The van der Waals surface area contributed by atoms with E-state index >= 15 is 0 Å². The monoisotopic (exact) mass is 142 g/mol. The first-order valence-electron chi connectivity index (χ1n) is 3.21. The summed E-state index contributed by atoms with van der Waals surface area (Å²) >= 11 is 0. The second-order valence-electron chi connectivity index (χ2n) is 2.42. The van der Waals surface area contributed by atoms with Crippen molar-refractivity contribution < 1.29 is 0 Å². The van der Waals surface area contributed by atoms with Crippen LogP contribution >= 0.6 is 0 Å². The molecule has 0 heterocycles. The molecule has 0 saturated carbocycles. The Morgan fingerprint density at radius 2 is 1.90 bits per heavy atom. The van der Waals surface area contributed by atoms with Gasteiger partial charge >= 0.3 is 0 Å². The van der Waals surface area contributed by atoms with Crippen molar-refractivity contribution in [1.29, 1.82) is 10.8 Å². The molecule has 0 aromatic rings. The van der Waals surface area contributed by atoms with Gasteiger partial charge in [-0.25, -0.2) is 0 Å². The van der Waals surface area contributed by atoms with E-state index in [4.69, 9.17) is 22.3 Å². The average Bonchev–Trinajstić information content (AvgIpc) is 1.82. The van der Waals surface area contributed by atoms with Crippen molar-refractivity contribution in [2.24, 2.45) is 17.4 Å². The summed E-state index contributed by atoms with van der Waals surface area (Å²) in [7, 11) is 0. The predicted octanol–water partition coefficient (Wildman–Crippen LogP) is 0.275. The number of nitrogens with two attached hydrogens (primary N) is 2. The van der Waals surface area contributed by atoms with Gasteiger partial charge in [-0.1, -0.05) is 6.92 Å². The first-order valence-corrected chi connectivity index (χ1v) is 3.21. The highest BCUT2D eigenvalue weighted by atomic mass is 14.7. The topological polar surface area (TPSA) is 99.7 Å². The molecule has 0 saturated heterocycles. The van der Waals surface area contributed by atoms with Crippen LogP contribution in [0.5, 0.6) is 0 Å². The molecule has 0 rings (SSSR count). The maximum atomic E-state index is 7.01. The first kappa shape index (κ1) is 8.94.